The van der Waals surface area contributed by atoms with Crippen molar-refractivity contribution in [3.8, 4) is 0 Å². The Hall–Kier alpha value is -0.840. The summed E-state index contributed by atoms with van der Waals surface area (Å²) in [5, 5.41) is 0.0995. The maximum absolute atomic E-state index is 13.5. The second-order valence-corrected chi connectivity index (χ2v) is 4.86. The first-order chi connectivity index (χ1) is 9.17. The molecule has 1 aromatic carbocycles. The summed E-state index contributed by atoms with van der Waals surface area (Å²) in [7, 11) is 0. The summed E-state index contributed by atoms with van der Waals surface area (Å²) in [5.41, 5.74) is 1.41. The lowest BCUT2D eigenvalue weighted by atomic mass is 10.3. The standard InChI is InChI=1S/C13H15Cl2FN2O/c1-2-19-6-5-18-12-7-9(15)10(16)8-11(12)17-13(18)3-4-14/h7-8H,2-6H2,1H3. The Bertz CT molecular complexity index is 571. The zero-order chi connectivity index (χ0) is 13.8. The molecule has 6 heteroatoms. The molecule has 1 heterocycles. The van der Waals surface area contributed by atoms with Gasteiger partial charge in [-0.15, -0.1) is 11.6 Å². The molecule has 2 rings (SSSR count). The second kappa shape index (κ2) is 6.55. The first kappa shape index (κ1) is 14.6. The van der Waals surface area contributed by atoms with E-state index in [1.807, 2.05) is 11.5 Å². The molecule has 0 aliphatic rings. The lowest BCUT2D eigenvalue weighted by molar-refractivity contribution is 0.139. The van der Waals surface area contributed by atoms with Gasteiger partial charge in [-0.05, 0) is 13.0 Å². The van der Waals surface area contributed by atoms with Gasteiger partial charge >= 0.3 is 0 Å². The highest BCUT2D eigenvalue weighted by atomic mass is 35.5. The zero-order valence-electron chi connectivity index (χ0n) is 10.6. The van der Waals surface area contributed by atoms with Crippen molar-refractivity contribution in [2.24, 2.45) is 0 Å². The maximum atomic E-state index is 13.5. The molecule has 0 aliphatic heterocycles. The van der Waals surface area contributed by atoms with Gasteiger partial charge in [0.15, 0.2) is 0 Å². The van der Waals surface area contributed by atoms with Crippen molar-refractivity contribution in [1.82, 2.24) is 9.55 Å². The van der Waals surface area contributed by atoms with Gasteiger partial charge in [0.2, 0.25) is 0 Å². The second-order valence-electron chi connectivity index (χ2n) is 4.07. The Kier molecular flexibility index (Phi) is 5.02. The fourth-order valence-electron chi connectivity index (χ4n) is 2.00. The first-order valence-corrected chi connectivity index (χ1v) is 7.06. The lowest BCUT2D eigenvalue weighted by Crippen LogP contribution is -2.10. The molecule has 19 heavy (non-hydrogen) atoms. The number of nitrogens with zero attached hydrogens (tertiary/aromatic N) is 2. The number of hydrogen-bond donors (Lipinski definition) is 0. The van der Waals surface area contributed by atoms with Crippen LogP contribution in [0.15, 0.2) is 12.1 Å². The predicted molar refractivity (Wildman–Crippen MR) is 75.6 cm³/mol. The van der Waals surface area contributed by atoms with Crippen LogP contribution in [0.2, 0.25) is 5.02 Å². The van der Waals surface area contributed by atoms with Crippen LogP contribution in [-0.2, 0) is 17.7 Å². The number of rotatable bonds is 6. The molecule has 0 atom stereocenters. The minimum atomic E-state index is -0.457. The predicted octanol–water partition coefficient (Wildman–Crippen LogP) is 3.65. The van der Waals surface area contributed by atoms with Gasteiger partial charge in [-0.1, -0.05) is 11.6 Å². The fraction of sp³-hybridized carbons (Fsp3) is 0.462. The van der Waals surface area contributed by atoms with E-state index in [0.717, 1.165) is 11.3 Å². The molecular weight excluding hydrogens is 290 g/mol. The summed E-state index contributed by atoms with van der Waals surface area (Å²) in [5.74, 6) is 0.834. The molecule has 2 aromatic rings. The van der Waals surface area contributed by atoms with E-state index in [1.54, 1.807) is 6.07 Å². The van der Waals surface area contributed by atoms with Crippen molar-refractivity contribution in [2.45, 2.75) is 19.9 Å². The summed E-state index contributed by atoms with van der Waals surface area (Å²) < 4.78 is 20.8. The van der Waals surface area contributed by atoms with Crippen LogP contribution < -0.4 is 0 Å². The average Bonchev–Trinajstić information content (AvgIpc) is 2.69. The van der Waals surface area contributed by atoms with Crippen LogP contribution >= 0.6 is 23.2 Å². The summed E-state index contributed by atoms with van der Waals surface area (Å²) in [6.07, 6.45) is 0.627. The van der Waals surface area contributed by atoms with Gasteiger partial charge in [-0.25, -0.2) is 9.37 Å². The van der Waals surface area contributed by atoms with Crippen molar-refractivity contribution >= 4 is 34.2 Å². The highest BCUT2D eigenvalue weighted by Gasteiger charge is 2.13. The third kappa shape index (κ3) is 3.19. The largest absolute Gasteiger partial charge is 0.380 e. The van der Waals surface area contributed by atoms with Gasteiger partial charge in [0, 0.05) is 31.5 Å². The van der Waals surface area contributed by atoms with E-state index >= 15 is 0 Å². The number of fused-ring (bicyclic) bond motifs is 1. The van der Waals surface area contributed by atoms with E-state index in [4.69, 9.17) is 27.9 Å². The molecule has 0 bridgehead atoms. The number of ether oxygens (including phenoxy) is 1. The van der Waals surface area contributed by atoms with Crippen LogP contribution in [0.4, 0.5) is 4.39 Å². The number of benzene rings is 1. The van der Waals surface area contributed by atoms with Crippen molar-refractivity contribution in [3.05, 3.63) is 28.8 Å². The SMILES string of the molecule is CCOCCn1c(CCCl)nc2cc(F)c(Cl)cc21. The number of hydrogen-bond acceptors (Lipinski definition) is 2. The van der Waals surface area contributed by atoms with Crippen LogP contribution in [0.25, 0.3) is 11.0 Å². The van der Waals surface area contributed by atoms with Crippen molar-refractivity contribution in [2.75, 3.05) is 19.1 Å². The van der Waals surface area contributed by atoms with E-state index in [2.05, 4.69) is 4.98 Å². The minimum absolute atomic E-state index is 0.0995. The lowest BCUT2D eigenvalue weighted by Gasteiger charge is -2.08. The number of aryl methyl sites for hydroxylation is 1. The molecule has 0 fully saturated rings. The quantitative estimate of drug-likeness (QED) is 0.602. The van der Waals surface area contributed by atoms with Crippen LogP contribution in [0.1, 0.15) is 12.7 Å². The summed E-state index contributed by atoms with van der Waals surface area (Å²) in [6, 6.07) is 2.95. The third-order valence-corrected chi connectivity index (χ3v) is 3.33. The molecule has 0 saturated carbocycles. The smallest absolute Gasteiger partial charge is 0.144 e. The number of imidazole rings is 1. The highest BCUT2D eigenvalue weighted by Crippen LogP contribution is 2.24. The average molecular weight is 305 g/mol. The van der Waals surface area contributed by atoms with Gasteiger partial charge in [-0.2, -0.15) is 0 Å². The Balaban J connectivity index is 2.43. The molecular formula is C13H15Cl2FN2O. The van der Waals surface area contributed by atoms with Gasteiger partial charge in [0.05, 0.1) is 22.7 Å². The van der Waals surface area contributed by atoms with Crippen LogP contribution in [0.5, 0.6) is 0 Å². The topological polar surface area (TPSA) is 27.1 Å². The molecule has 0 N–H and O–H groups in total. The number of alkyl halides is 1. The summed E-state index contributed by atoms with van der Waals surface area (Å²) >= 11 is 11.6. The zero-order valence-corrected chi connectivity index (χ0v) is 12.1. The molecule has 0 saturated heterocycles. The van der Waals surface area contributed by atoms with Crippen LogP contribution in [-0.4, -0.2) is 28.6 Å². The molecule has 1 aromatic heterocycles. The molecule has 0 amide bonds. The molecule has 3 nitrogen and oxygen atoms in total. The maximum Gasteiger partial charge on any atom is 0.144 e. The van der Waals surface area contributed by atoms with Crippen molar-refractivity contribution < 1.29 is 9.13 Å². The van der Waals surface area contributed by atoms with E-state index in [-0.39, 0.29) is 5.02 Å². The van der Waals surface area contributed by atoms with E-state index in [1.165, 1.54) is 6.07 Å². The van der Waals surface area contributed by atoms with Gasteiger partial charge in [0.25, 0.3) is 0 Å². The fourth-order valence-corrected chi connectivity index (χ4v) is 2.32. The van der Waals surface area contributed by atoms with Gasteiger partial charge in [-0.3, -0.25) is 0 Å². The van der Waals surface area contributed by atoms with E-state index < -0.39 is 5.82 Å². The Morgan fingerprint density at radius 3 is 2.89 bits per heavy atom. The monoisotopic (exact) mass is 304 g/mol. The van der Waals surface area contributed by atoms with Crippen LogP contribution in [0, 0.1) is 5.82 Å². The van der Waals surface area contributed by atoms with Gasteiger partial charge < -0.3 is 9.30 Å². The summed E-state index contributed by atoms with van der Waals surface area (Å²) in [6.45, 7) is 3.83. The molecule has 0 spiro atoms. The molecule has 104 valence electrons. The first-order valence-electron chi connectivity index (χ1n) is 6.15. The molecule has 0 aliphatic carbocycles. The molecule has 0 unspecified atom stereocenters. The van der Waals surface area contributed by atoms with Crippen molar-refractivity contribution in [1.29, 1.82) is 0 Å². The molecule has 0 radical (unpaired) electrons. The number of aromatic nitrogens is 2. The van der Waals surface area contributed by atoms with Gasteiger partial charge in [0.1, 0.15) is 11.6 Å². The van der Waals surface area contributed by atoms with E-state index in [0.29, 0.717) is 37.6 Å². The highest BCUT2D eigenvalue weighted by molar-refractivity contribution is 6.31. The Morgan fingerprint density at radius 1 is 1.42 bits per heavy atom. The van der Waals surface area contributed by atoms with Crippen molar-refractivity contribution in [3.63, 3.8) is 0 Å². The van der Waals surface area contributed by atoms with E-state index in [9.17, 15) is 4.39 Å². The third-order valence-electron chi connectivity index (χ3n) is 2.85. The normalized spacial score (nSPS) is 11.4. The minimum Gasteiger partial charge on any atom is -0.380 e. The Labute approximate surface area is 121 Å². The Morgan fingerprint density at radius 2 is 2.21 bits per heavy atom. The van der Waals surface area contributed by atoms with Crippen LogP contribution in [0.3, 0.4) is 0 Å². The summed E-state index contributed by atoms with van der Waals surface area (Å²) in [4.78, 5) is 4.41. The number of halogens is 3.